The number of alkyl halides is 5. The highest BCUT2D eigenvalue weighted by atomic mass is 19.4. The highest BCUT2D eigenvalue weighted by Crippen LogP contribution is 2.35. The molecule has 0 saturated carbocycles. The summed E-state index contributed by atoms with van der Waals surface area (Å²) in [4.78, 5) is 13.8. The Morgan fingerprint density at radius 2 is 1.94 bits per heavy atom. The van der Waals surface area contributed by atoms with Crippen molar-refractivity contribution in [3.8, 4) is 5.88 Å². The monoisotopic (exact) mass is 255 g/mol. The zero-order chi connectivity index (χ0) is 13.1. The van der Waals surface area contributed by atoms with Crippen LogP contribution in [0.15, 0.2) is 18.3 Å². The molecule has 0 aliphatic heterocycles. The number of carbonyl (C=O) groups excluding carboxylic acids is 1. The van der Waals surface area contributed by atoms with Crippen molar-refractivity contribution in [3.63, 3.8) is 0 Å². The number of nitrogens with zero attached hydrogens (tertiary/aromatic N) is 1. The fraction of sp³-hybridized carbons (Fsp3) is 0.333. The number of hydrogen-bond donors (Lipinski definition) is 0. The first-order valence-electron chi connectivity index (χ1n) is 4.25. The lowest BCUT2D eigenvalue weighted by molar-refractivity contribution is -0.290. The number of hydrogen-bond acceptors (Lipinski definition) is 3. The first kappa shape index (κ1) is 13.3. The number of ether oxygens (including phenoxy) is 1. The predicted molar refractivity (Wildman–Crippen MR) is 46.1 cm³/mol. The fourth-order valence-corrected chi connectivity index (χ4v) is 0.854. The van der Waals surface area contributed by atoms with Crippen LogP contribution in [0.2, 0.25) is 0 Å². The maximum atomic E-state index is 12.5. The van der Waals surface area contributed by atoms with Crippen molar-refractivity contribution in [1.82, 2.24) is 4.98 Å². The highest BCUT2D eigenvalue weighted by Gasteiger charge is 2.58. The second-order valence-electron chi connectivity index (χ2n) is 3.01. The molecule has 3 nitrogen and oxygen atoms in total. The minimum Gasteiger partial charge on any atom is -0.470 e. The van der Waals surface area contributed by atoms with E-state index in [4.69, 9.17) is 0 Å². The molecule has 0 aliphatic carbocycles. The summed E-state index contributed by atoms with van der Waals surface area (Å²) in [5, 5.41) is 0. The Bertz CT molecular complexity index is 405. The Hall–Kier alpha value is -1.73. The third-order valence-electron chi connectivity index (χ3n) is 1.73. The third kappa shape index (κ3) is 3.11. The van der Waals surface area contributed by atoms with Crippen molar-refractivity contribution in [2.75, 3.05) is 6.61 Å². The van der Waals surface area contributed by atoms with Crippen molar-refractivity contribution >= 4 is 6.29 Å². The smallest absolute Gasteiger partial charge is 0.456 e. The van der Waals surface area contributed by atoms with Crippen LogP contribution in [0, 0.1) is 0 Å². The van der Waals surface area contributed by atoms with Gasteiger partial charge in [0.15, 0.2) is 12.9 Å². The second kappa shape index (κ2) is 4.64. The van der Waals surface area contributed by atoms with Gasteiger partial charge in [0.05, 0.1) is 5.56 Å². The fourth-order valence-electron chi connectivity index (χ4n) is 0.854. The van der Waals surface area contributed by atoms with Crippen molar-refractivity contribution < 1.29 is 31.5 Å². The number of rotatable bonds is 4. The van der Waals surface area contributed by atoms with E-state index in [0.717, 1.165) is 6.20 Å². The molecule has 0 N–H and O–H groups in total. The van der Waals surface area contributed by atoms with Crippen molar-refractivity contribution in [1.29, 1.82) is 0 Å². The summed E-state index contributed by atoms with van der Waals surface area (Å²) in [6.45, 7) is -1.92. The minimum absolute atomic E-state index is 0.203. The van der Waals surface area contributed by atoms with Crippen molar-refractivity contribution in [2.24, 2.45) is 0 Å². The second-order valence-corrected chi connectivity index (χ2v) is 3.01. The van der Waals surface area contributed by atoms with Crippen LogP contribution in [0.25, 0.3) is 0 Å². The van der Waals surface area contributed by atoms with E-state index in [1.807, 2.05) is 0 Å². The molecule has 0 aliphatic rings. The summed E-state index contributed by atoms with van der Waals surface area (Å²) >= 11 is 0. The van der Waals surface area contributed by atoms with Crippen LogP contribution in [0.3, 0.4) is 0 Å². The molecule has 8 heteroatoms. The quantitative estimate of drug-likeness (QED) is 0.612. The summed E-state index contributed by atoms with van der Waals surface area (Å²) in [7, 11) is 0. The SMILES string of the molecule is O=Cc1cccnc1OCC(F)(F)C(F)(F)F. The van der Waals surface area contributed by atoms with Crippen LogP contribution < -0.4 is 4.74 Å². The molecule has 1 aromatic rings. The molecule has 17 heavy (non-hydrogen) atoms. The molecule has 94 valence electrons. The average Bonchev–Trinajstić information content (AvgIpc) is 2.25. The van der Waals surface area contributed by atoms with Crippen LogP contribution >= 0.6 is 0 Å². The molecular formula is C9H6F5NO2. The number of carbonyl (C=O) groups is 1. The highest BCUT2D eigenvalue weighted by molar-refractivity contribution is 5.77. The number of aromatic nitrogens is 1. The third-order valence-corrected chi connectivity index (χ3v) is 1.73. The Morgan fingerprint density at radius 1 is 1.29 bits per heavy atom. The molecule has 1 rings (SSSR count). The Morgan fingerprint density at radius 3 is 2.47 bits per heavy atom. The number of halogens is 5. The summed E-state index contributed by atoms with van der Waals surface area (Å²) in [6, 6.07) is 2.50. The van der Waals surface area contributed by atoms with Gasteiger partial charge in [-0.3, -0.25) is 4.79 Å². The van der Waals surface area contributed by atoms with Crippen LogP contribution in [-0.4, -0.2) is 30.0 Å². The lowest BCUT2D eigenvalue weighted by Crippen LogP contribution is -2.42. The zero-order valence-corrected chi connectivity index (χ0v) is 8.17. The predicted octanol–water partition coefficient (Wildman–Crippen LogP) is 2.47. The maximum absolute atomic E-state index is 12.5. The normalized spacial score (nSPS) is 12.3. The molecule has 0 aromatic carbocycles. The van der Waals surface area contributed by atoms with Gasteiger partial charge >= 0.3 is 12.1 Å². The first-order valence-corrected chi connectivity index (χ1v) is 4.25. The van der Waals surface area contributed by atoms with E-state index in [9.17, 15) is 26.7 Å². The van der Waals surface area contributed by atoms with Gasteiger partial charge in [-0.15, -0.1) is 0 Å². The summed E-state index contributed by atoms with van der Waals surface area (Å²) in [5.74, 6) is -5.56. The van der Waals surface area contributed by atoms with Gasteiger partial charge in [0, 0.05) is 6.20 Å². The number of pyridine rings is 1. The molecule has 1 aromatic heterocycles. The molecule has 0 fully saturated rings. The number of aldehydes is 1. The molecule has 1 heterocycles. The van der Waals surface area contributed by atoms with Crippen molar-refractivity contribution in [2.45, 2.75) is 12.1 Å². The Kier molecular flexibility index (Phi) is 3.64. The minimum atomic E-state index is -5.71. The molecule has 0 radical (unpaired) electrons. The molecule has 0 unspecified atom stereocenters. The lowest BCUT2D eigenvalue weighted by Gasteiger charge is -2.19. The van der Waals surface area contributed by atoms with Gasteiger partial charge in [0.25, 0.3) is 0 Å². The molecular weight excluding hydrogens is 249 g/mol. The van der Waals surface area contributed by atoms with E-state index in [1.54, 1.807) is 0 Å². The summed E-state index contributed by atoms with van der Waals surface area (Å²) in [6.07, 6.45) is -4.36. The molecule has 0 amide bonds. The van der Waals surface area contributed by atoms with E-state index in [1.165, 1.54) is 12.1 Å². The van der Waals surface area contributed by atoms with E-state index in [2.05, 4.69) is 9.72 Å². The van der Waals surface area contributed by atoms with Gasteiger partial charge in [0.2, 0.25) is 5.88 Å². The molecule has 0 saturated heterocycles. The van der Waals surface area contributed by atoms with Gasteiger partial charge in [-0.05, 0) is 12.1 Å². The van der Waals surface area contributed by atoms with Gasteiger partial charge in [-0.25, -0.2) is 4.98 Å². The van der Waals surface area contributed by atoms with E-state index in [-0.39, 0.29) is 11.8 Å². The maximum Gasteiger partial charge on any atom is 0.456 e. The van der Waals surface area contributed by atoms with Crippen LogP contribution in [-0.2, 0) is 0 Å². The zero-order valence-electron chi connectivity index (χ0n) is 8.17. The van der Waals surface area contributed by atoms with E-state index in [0.29, 0.717) is 0 Å². The van der Waals surface area contributed by atoms with E-state index < -0.39 is 24.6 Å². The van der Waals surface area contributed by atoms with Crippen LogP contribution in [0.1, 0.15) is 10.4 Å². The van der Waals surface area contributed by atoms with Crippen LogP contribution in [0.5, 0.6) is 5.88 Å². The topological polar surface area (TPSA) is 39.2 Å². The van der Waals surface area contributed by atoms with Crippen LogP contribution in [0.4, 0.5) is 22.0 Å². The van der Waals surface area contributed by atoms with Crippen molar-refractivity contribution in [3.05, 3.63) is 23.9 Å². The molecule has 0 spiro atoms. The molecule has 0 atom stereocenters. The lowest BCUT2D eigenvalue weighted by atomic mass is 10.3. The van der Waals surface area contributed by atoms with Gasteiger partial charge in [0.1, 0.15) is 0 Å². The Balaban J connectivity index is 2.77. The Labute approximate surface area is 92.2 Å². The first-order chi connectivity index (χ1) is 7.78. The standard InChI is InChI=1S/C9H6F5NO2/c10-8(11,9(12,13)14)5-17-7-6(4-16)2-1-3-15-7/h1-4H,5H2. The van der Waals surface area contributed by atoms with Gasteiger partial charge in [-0.2, -0.15) is 22.0 Å². The average molecular weight is 255 g/mol. The molecule has 0 bridgehead atoms. The van der Waals surface area contributed by atoms with E-state index >= 15 is 0 Å². The largest absolute Gasteiger partial charge is 0.470 e. The van der Waals surface area contributed by atoms with Gasteiger partial charge < -0.3 is 4.74 Å². The summed E-state index contributed by atoms with van der Waals surface area (Å²) < 4.78 is 64.6. The summed E-state index contributed by atoms with van der Waals surface area (Å²) in [5.41, 5.74) is -0.203. The van der Waals surface area contributed by atoms with Gasteiger partial charge in [-0.1, -0.05) is 0 Å².